The van der Waals surface area contributed by atoms with Crippen LogP contribution in [-0.4, -0.2) is 28.1 Å². The minimum Gasteiger partial charge on any atom is -0.396 e. The summed E-state index contributed by atoms with van der Waals surface area (Å²) in [6, 6.07) is 9.13. The molecule has 1 unspecified atom stereocenters. The third-order valence-corrected chi connectivity index (χ3v) is 5.13. The molecular formula is C16H19ClN2OS. The van der Waals surface area contributed by atoms with E-state index in [-0.39, 0.29) is 6.61 Å². The number of thiazole rings is 1. The topological polar surface area (TPSA) is 36.4 Å². The number of halogens is 1. The Labute approximate surface area is 134 Å². The number of aliphatic hydroxyl groups is 1. The van der Waals surface area contributed by atoms with Gasteiger partial charge in [-0.1, -0.05) is 35.9 Å². The number of nitrogens with zero attached hydrogens (tertiary/aromatic N) is 2. The van der Waals surface area contributed by atoms with Crippen LogP contribution < -0.4 is 0 Å². The van der Waals surface area contributed by atoms with Crippen LogP contribution in [0.3, 0.4) is 0 Å². The van der Waals surface area contributed by atoms with Gasteiger partial charge in [0.2, 0.25) is 0 Å². The number of aromatic nitrogens is 1. The van der Waals surface area contributed by atoms with Crippen molar-refractivity contribution < 1.29 is 5.11 Å². The van der Waals surface area contributed by atoms with Crippen molar-refractivity contribution in [2.24, 2.45) is 0 Å². The quantitative estimate of drug-likeness (QED) is 0.881. The average Bonchev–Trinajstić information content (AvgIpc) is 3.09. The molecule has 5 heteroatoms. The molecule has 0 radical (unpaired) electrons. The number of fused-ring (bicyclic) bond motifs is 1. The second-order valence-corrected chi connectivity index (χ2v) is 7.08. The Morgan fingerprint density at radius 3 is 3.00 bits per heavy atom. The molecule has 0 saturated heterocycles. The van der Waals surface area contributed by atoms with Crippen molar-refractivity contribution >= 4 is 22.9 Å². The van der Waals surface area contributed by atoms with E-state index in [4.69, 9.17) is 16.7 Å². The van der Waals surface area contributed by atoms with Crippen LogP contribution in [0.4, 0.5) is 0 Å². The lowest BCUT2D eigenvalue weighted by atomic mass is 10.1. The van der Waals surface area contributed by atoms with Gasteiger partial charge in [0, 0.05) is 36.8 Å². The van der Waals surface area contributed by atoms with Crippen molar-refractivity contribution in [3.05, 3.63) is 50.9 Å². The fraction of sp³-hybridized carbons (Fsp3) is 0.438. The zero-order chi connectivity index (χ0) is 14.7. The maximum absolute atomic E-state index is 9.17. The standard InChI is InChI=1S/C16H19ClN2OS/c17-16-18-10-13(21-16)11-19(8-3-9-20)15-7-6-12-4-1-2-5-14(12)15/h1-2,4-5,10,15,20H,3,6-9,11H2. The van der Waals surface area contributed by atoms with Crippen LogP contribution in [0.15, 0.2) is 30.5 Å². The van der Waals surface area contributed by atoms with Crippen LogP contribution in [0, 0.1) is 0 Å². The highest BCUT2D eigenvalue weighted by Crippen LogP contribution is 2.37. The molecule has 3 rings (SSSR count). The molecule has 3 nitrogen and oxygen atoms in total. The smallest absolute Gasteiger partial charge is 0.183 e. The van der Waals surface area contributed by atoms with Crippen LogP contribution in [-0.2, 0) is 13.0 Å². The molecule has 112 valence electrons. The number of hydrogen-bond donors (Lipinski definition) is 1. The molecule has 2 aromatic rings. The highest BCUT2D eigenvalue weighted by molar-refractivity contribution is 7.15. The van der Waals surface area contributed by atoms with Gasteiger partial charge in [-0.15, -0.1) is 11.3 Å². The van der Waals surface area contributed by atoms with E-state index >= 15 is 0 Å². The van der Waals surface area contributed by atoms with Gasteiger partial charge in [-0.2, -0.15) is 0 Å². The monoisotopic (exact) mass is 322 g/mol. The third-order valence-electron chi connectivity index (χ3n) is 4.03. The summed E-state index contributed by atoms with van der Waals surface area (Å²) in [5.41, 5.74) is 2.89. The number of aliphatic hydroxyl groups excluding tert-OH is 1. The molecule has 0 bridgehead atoms. The summed E-state index contributed by atoms with van der Waals surface area (Å²) in [5, 5.41) is 9.17. The van der Waals surface area contributed by atoms with Gasteiger partial charge in [-0.05, 0) is 30.4 Å². The minimum absolute atomic E-state index is 0.230. The first-order valence-corrected chi connectivity index (χ1v) is 8.50. The molecule has 0 amide bonds. The van der Waals surface area contributed by atoms with Crippen molar-refractivity contribution in [2.45, 2.75) is 31.8 Å². The molecule has 1 aromatic carbocycles. The first-order chi connectivity index (χ1) is 10.3. The second kappa shape index (κ2) is 6.88. The molecule has 0 aliphatic heterocycles. The van der Waals surface area contributed by atoms with Gasteiger partial charge < -0.3 is 5.11 Å². The summed E-state index contributed by atoms with van der Waals surface area (Å²) in [5.74, 6) is 0. The van der Waals surface area contributed by atoms with Crippen LogP contribution >= 0.6 is 22.9 Å². The van der Waals surface area contributed by atoms with Crippen LogP contribution in [0.5, 0.6) is 0 Å². The average molecular weight is 323 g/mol. The Balaban J connectivity index is 1.79. The molecule has 21 heavy (non-hydrogen) atoms. The summed E-state index contributed by atoms with van der Waals surface area (Å²) >= 11 is 7.48. The molecule has 0 fully saturated rings. The maximum atomic E-state index is 9.17. The summed E-state index contributed by atoms with van der Waals surface area (Å²) in [4.78, 5) is 7.76. The Kier molecular flexibility index (Phi) is 4.91. The van der Waals surface area contributed by atoms with E-state index in [1.807, 2.05) is 6.20 Å². The van der Waals surface area contributed by atoms with Gasteiger partial charge in [0.05, 0.1) is 0 Å². The van der Waals surface area contributed by atoms with E-state index in [0.717, 1.165) is 32.4 Å². The van der Waals surface area contributed by atoms with E-state index in [1.54, 1.807) is 0 Å². The Morgan fingerprint density at radius 1 is 1.38 bits per heavy atom. The first-order valence-electron chi connectivity index (χ1n) is 7.31. The molecule has 1 aromatic heterocycles. The number of rotatable bonds is 6. The van der Waals surface area contributed by atoms with Crippen LogP contribution in [0.2, 0.25) is 4.47 Å². The van der Waals surface area contributed by atoms with Gasteiger partial charge in [0.15, 0.2) is 4.47 Å². The summed E-state index contributed by atoms with van der Waals surface area (Å²) in [7, 11) is 0. The van der Waals surface area contributed by atoms with E-state index in [2.05, 4.69) is 34.1 Å². The second-order valence-electron chi connectivity index (χ2n) is 5.38. The predicted molar refractivity (Wildman–Crippen MR) is 86.7 cm³/mol. The summed E-state index contributed by atoms with van der Waals surface area (Å²) in [6.45, 7) is 1.97. The van der Waals surface area contributed by atoms with E-state index < -0.39 is 0 Å². The normalized spacial score (nSPS) is 17.4. The lowest BCUT2D eigenvalue weighted by molar-refractivity contribution is 0.167. The molecule has 0 spiro atoms. The highest BCUT2D eigenvalue weighted by Gasteiger charge is 2.27. The summed E-state index contributed by atoms with van der Waals surface area (Å²) < 4.78 is 0.596. The van der Waals surface area contributed by atoms with E-state index in [0.29, 0.717) is 10.5 Å². The maximum Gasteiger partial charge on any atom is 0.183 e. The first kappa shape index (κ1) is 15.0. The Hall–Kier alpha value is -0.940. The molecule has 1 atom stereocenters. The van der Waals surface area contributed by atoms with Gasteiger partial charge in [0.25, 0.3) is 0 Å². The fourth-order valence-corrected chi connectivity index (χ4v) is 4.09. The predicted octanol–water partition coefficient (Wildman–Crippen LogP) is 3.67. The minimum atomic E-state index is 0.230. The number of aryl methyl sites for hydroxylation is 1. The van der Waals surface area contributed by atoms with Crippen molar-refractivity contribution in [3.63, 3.8) is 0 Å². The van der Waals surface area contributed by atoms with Crippen LogP contribution in [0.25, 0.3) is 0 Å². The fourth-order valence-electron chi connectivity index (χ4n) is 3.09. The lowest BCUT2D eigenvalue weighted by Crippen LogP contribution is -2.28. The Morgan fingerprint density at radius 2 is 2.24 bits per heavy atom. The van der Waals surface area contributed by atoms with Crippen molar-refractivity contribution in [1.29, 1.82) is 0 Å². The zero-order valence-electron chi connectivity index (χ0n) is 11.8. The number of benzene rings is 1. The van der Waals surface area contributed by atoms with Gasteiger partial charge in [-0.25, -0.2) is 4.98 Å². The molecule has 1 aliphatic carbocycles. The van der Waals surface area contributed by atoms with Crippen molar-refractivity contribution in [2.75, 3.05) is 13.2 Å². The van der Waals surface area contributed by atoms with Crippen molar-refractivity contribution in [1.82, 2.24) is 9.88 Å². The molecule has 1 heterocycles. The largest absolute Gasteiger partial charge is 0.396 e. The third kappa shape index (κ3) is 3.46. The van der Waals surface area contributed by atoms with Crippen LogP contribution in [0.1, 0.15) is 34.9 Å². The van der Waals surface area contributed by atoms with Crippen molar-refractivity contribution in [3.8, 4) is 0 Å². The van der Waals surface area contributed by atoms with Gasteiger partial charge in [-0.3, -0.25) is 4.90 Å². The highest BCUT2D eigenvalue weighted by atomic mass is 35.5. The lowest BCUT2D eigenvalue weighted by Gasteiger charge is -2.29. The zero-order valence-corrected chi connectivity index (χ0v) is 13.4. The molecular weight excluding hydrogens is 304 g/mol. The SMILES string of the molecule is OCCCN(Cc1cnc(Cl)s1)C1CCc2ccccc21. The number of hydrogen-bond acceptors (Lipinski definition) is 4. The van der Waals surface area contributed by atoms with E-state index in [9.17, 15) is 0 Å². The molecule has 1 N–H and O–H groups in total. The molecule has 1 aliphatic rings. The molecule has 0 saturated carbocycles. The van der Waals surface area contributed by atoms with E-state index in [1.165, 1.54) is 27.3 Å². The summed E-state index contributed by atoms with van der Waals surface area (Å²) in [6.07, 6.45) is 4.95. The Bertz CT molecular complexity index is 601. The van der Waals surface area contributed by atoms with Gasteiger partial charge in [0.1, 0.15) is 0 Å². The van der Waals surface area contributed by atoms with Gasteiger partial charge >= 0.3 is 0 Å².